The molecule has 5 atom stereocenters. The number of benzene rings is 2. The van der Waals surface area contributed by atoms with E-state index < -0.39 is 48.6 Å². The summed E-state index contributed by atoms with van der Waals surface area (Å²) in [5.41, 5.74) is 1.25. The van der Waals surface area contributed by atoms with Crippen LogP contribution in [0.1, 0.15) is 49.2 Å². The summed E-state index contributed by atoms with van der Waals surface area (Å²) in [6.07, 6.45) is -5.44. The third-order valence-electron chi connectivity index (χ3n) is 5.28. The number of carbonyl (C=O) groups is 4. The highest BCUT2D eigenvalue weighted by Gasteiger charge is 2.51. The lowest BCUT2D eigenvalue weighted by Gasteiger charge is -2.43. The first-order valence-corrected chi connectivity index (χ1v) is 11.1. The molecular formula is C26H25NO9. The molecule has 1 fully saturated rings. The average molecular weight is 495 g/mol. The zero-order chi connectivity index (χ0) is 26.4. The van der Waals surface area contributed by atoms with Gasteiger partial charge in [-0.05, 0) is 55.5 Å². The summed E-state index contributed by atoms with van der Waals surface area (Å²) >= 11 is 0. The van der Waals surface area contributed by atoms with E-state index in [4.69, 9.17) is 28.9 Å². The molecule has 1 aliphatic heterocycles. The fourth-order valence-electron chi connectivity index (χ4n) is 3.75. The zero-order valence-corrected chi connectivity index (χ0v) is 20.1. The summed E-state index contributed by atoms with van der Waals surface area (Å²) in [6, 6.07) is 14.4. The summed E-state index contributed by atoms with van der Waals surface area (Å²) in [6.45, 7) is 5.14. The van der Waals surface area contributed by atoms with E-state index in [9.17, 15) is 19.2 Å². The highest BCUT2D eigenvalue weighted by atomic mass is 16.7. The van der Waals surface area contributed by atoms with Crippen molar-refractivity contribution in [2.24, 2.45) is 0 Å². The Kier molecular flexibility index (Phi) is 8.40. The molecule has 0 amide bonds. The minimum Gasteiger partial charge on any atom is -0.461 e. The van der Waals surface area contributed by atoms with Gasteiger partial charge in [-0.1, -0.05) is 0 Å². The Labute approximate surface area is 207 Å². The summed E-state index contributed by atoms with van der Waals surface area (Å²) in [4.78, 5) is 47.9. The van der Waals surface area contributed by atoms with Crippen molar-refractivity contribution in [1.29, 1.82) is 5.26 Å². The standard InChI is InChI=1S/C26H25NO9/c1-14-23(33-15(2)28)24(34-16(3)29)25(35-17(4)30)26(32-14)36-21-11-9-20(10-12-21)22(31)19-7-5-18(13-27)6-8-19/h5-12,14,23-26H,1-4H3/t14-,23-,24+,25+,26+/m0/s1. The lowest BCUT2D eigenvalue weighted by molar-refractivity contribution is -0.280. The van der Waals surface area contributed by atoms with E-state index in [0.717, 1.165) is 0 Å². The van der Waals surface area contributed by atoms with Crippen molar-refractivity contribution in [2.45, 2.75) is 58.4 Å². The maximum Gasteiger partial charge on any atom is 0.303 e. The molecule has 1 heterocycles. The van der Waals surface area contributed by atoms with Gasteiger partial charge in [0.25, 0.3) is 0 Å². The number of nitrogens with zero attached hydrogens (tertiary/aromatic N) is 1. The van der Waals surface area contributed by atoms with Crippen LogP contribution in [0.2, 0.25) is 0 Å². The predicted octanol–water partition coefficient (Wildman–Crippen LogP) is 2.71. The van der Waals surface area contributed by atoms with E-state index in [1.54, 1.807) is 43.3 Å². The lowest BCUT2D eigenvalue weighted by Crippen LogP contribution is -2.62. The molecule has 0 spiro atoms. The topological polar surface area (TPSA) is 138 Å². The Balaban J connectivity index is 1.82. The zero-order valence-electron chi connectivity index (χ0n) is 20.1. The minimum atomic E-state index is -1.24. The van der Waals surface area contributed by atoms with Crippen LogP contribution in [0.4, 0.5) is 0 Å². The van der Waals surface area contributed by atoms with E-state index in [1.807, 2.05) is 6.07 Å². The van der Waals surface area contributed by atoms with Crippen molar-refractivity contribution in [3.05, 3.63) is 65.2 Å². The van der Waals surface area contributed by atoms with Gasteiger partial charge in [0.05, 0.1) is 17.7 Å². The van der Waals surface area contributed by atoms with Crippen LogP contribution >= 0.6 is 0 Å². The van der Waals surface area contributed by atoms with E-state index in [2.05, 4.69) is 0 Å². The van der Waals surface area contributed by atoms with Crippen molar-refractivity contribution >= 4 is 23.7 Å². The summed E-state index contributed by atoms with van der Waals surface area (Å²) in [5.74, 6) is -1.95. The number of ether oxygens (including phenoxy) is 5. The second-order valence-electron chi connectivity index (χ2n) is 8.09. The first kappa shape index (κ1) is 26.4. The monoisotopic (exact) mass is 495 g/mol. The van der Waals surface area contributed by atoms with Gasteiger partial charge in [0, 0.05) is 31.9 Å². The molecule has 2 aromatic rings. The van der Waals surface area contributed by atoms with Gasteiger partial charge in [-0.25, -0.2) is 0 Å². The van der Waals surface area contributed by atoms with E-state index in [-0.39, 0.29) is 11.5 Å². The number of ketones is 1. The molecule has 36 heavy (non-hydrogen) atoms. The third-order valence-corrected chi connectivity index (χ3v) is 5.28. The molecule has 188 valence electrons. The Morgan fingerprint density at radius 2 is 1.22 bits per heavy atom. The van der Waals surface area contributed by atoms with Crippen molar-refractivity contribution in [2.75, 3.05) is 0 Å². The molecule has 0 saturated carbocycles. The highest BCUT2D eigenvalue weighted by Crippen LogP contribution is 2.30. The highest BCUT2D eigenvalue weighted by molar-refractivity contribution is 6.09. The van der Waals surface area contributed by atoms with Gasteiger partial charge in [-0.2, -0.15) is 5.26 Å². The number of hydrogen-bond donors (Lipinski definition) is 0. The maximum absolute atomic E-state index is 12.7. The minimum absolute atomic E-state index is 0.245. The van der Waals surface area contributed by atoms with Gasteiger partial charge in [0.15, 0.2) is 18.0 Å². The van der Waals surface area contributed by atoms with Crippen LogP contribution < -0.4 is 4.74 Å². The van der Waals surface area contributed by atoms with E-state index in [0.29, 0.717) is 16.7 Å². The van der Waals surface area contributed by atoms with Crippen LogP contribution in [0.3, 0.4) is 0 Å². The number of esters is 3. The largest absolute Gasteiger partial charge is 0.461 e. The average Bonchev–Trinajstić information content (AvgIpc) is 2.83. The molecule has 0 radical (unpaired) electrons. The van der Waals surface area contributed by atoms with Gasteiger partial charge in [0.1, 0.15) is 5.75 Å². The lowest BCUT2D eigenvalue weighted by atomic mass is 9.98. The normalized spacial score (nSPS) is 23.0. The molecule has 2 aromatic carbocycles. The number of rotatable bonds is 7. The fourth-order valence-corrected chi connectivity index (χ4v) is 3.75. The number of nitriles is 1. The molecule has 0 N–H and O–H groups in total. The van der Waals surface area contributed by atoms with Crippen LogP contribution in [0.5, 0.6) is 5.75 Å². The van der Waals surface area contributed by atoms with Gasteiger partial charge in [0.2, 0.25) is 12.4 Å². The van der Waals surface area contributed by atoms with Crippen LogP contribution in [0.15, 0.2) is 48.5 Å². The second-order valence-corrected chi connectivity index (χ2v) is 8.09. The van der Waals surface area contributed by atoms with Crippen LogP contribution in [0, 0.1) is 11.3 Å². The van der Waals surface area contributed by atoms with Gasteiger partial charge in [-0.15, -0.1) is 0 Å². The number of carbonyl (C=O) groups excluding carboxylic acids is 4. The van der Waals surface area contributed by atoms with E-state index in [1.165, 1.54) is 32.9 Å². The van der Waals surface area contributed by atoms with Crippen molar-refractivity contribution < 1.29 is 42.9 Å². The molecule has 1 aliphatic rings. The fraction of sp³-hybridized carbons (Fsp3) is 0.346. The first-order chi connectivity index (χ1) is 17.1. The van der Waals surface area contributed by atoms with Crippen molar-refractivity contribution in [3.63, 3.8) is 0 Å². The van der Waals surface area contributed by atoms with Crippen molar-refractivity contribution in [1.82, 2.24) is 0 Å². The Bertz CT molecular complexity index is 1170. The predicted molar refractivity (Wildman–Crippen MR) is 123 cm³/mol. The summed E-state index contributed by atoms with van der Waals surface area (Å²) in [5, 5.41) is 8.91. The molecule has 0 aromatic heterocycles. The van der Waals surface area contributed by atoms with Crippen LogP contribution in [-0.4, -0.2) is 54.4 Å². The van der Waals surface area contributed by atoms with Crippen LogP contribution in [0.25, 0.3) is 0 Å². The number of hydrogen-bond acceptors (Lipinski definition) is 10. The Morgan fingerprint density at radius 1 is 0.750 bits per heavy atom. The molecule has 0 aliphatic carbocycles. The Hall–Kier alpha value is -4.23. The van der Waals surface area contributed by atoms with E-state index >= 15 is 0 Å². The third kappa shape index (κ3) is 6.46. The smallest absolute Gasteiger partial charge is 0.303 e. The van der Waals surface area contributed by atoms with Gasteiger partial charge < -0.3 is 23.7 Å². The molecule has 0 unspecified atom stereocenters. The molecule has 1 saturated heterocycles. The quantitative estimate of drug-likeness (QED) is 0.320. The van der Waals surface area contributed by atoms with Crippen molar-refractivity contribution in [3.8, 4) is 11.8 Å². The summed E-state index contributed by atoms with van der Waals surface area (Å²) in [7, 11) is 0. The maximum atomic E-state index is 12.7. The molecule has 0 bridgehead atoms. The second kappa shape index (κ2) is 11.5. The Morgan fingerprint density at radius 3 is 1.72 bits per heavy atom. The summed E-state index contributed by atoms with van der Waals surface area (Å²) < 4.78 is 27.7. The SMILES string of the molecule is CC(=O)O[C@@H]1[C@@H](OC(C)=O)[C@H](C)O[C@H](Oc2ccc(C(=O)c3ccc(C#N)cc3)cc2)[C@@H]1OC(C)=O. The molecule has 10 nitrogen and oxygen atoms in total. The first-order valence-electron chi connectivity index (χ1n) is 11.1. The molecular weight excluding hydrogens is 470 g/mol. The molecule has 3 rings (SSSR count). The van der Waals surface area contributed by atoms with Gasteiger partial charge >= 0.3 is 17.9 Å². The van der Waals surface area contributed by atoms with Crippen LogP contribution in [-0.2, 0) is 33.3 Å². The molecule has 10 heteroatoms. The van der Waals surface area contributed by atoms with Gasteiger partial charge in [-0.3, -0.25) is 19.2 Å².